The highest BCUT2D eigenvalue weighted by Crippen LogP contribution is 2.28. The SMILES string of the molecule is CCN(C(=O)c1cc(N)c(C)s1)C1CCCCC1. The fourth-order valence-corrected chi connectivity index (χ4v) is 3.60. The molecule has 0 saturated heterocycles. The number of carbonyl (C=O) groups excluding carboxylic acids is 1. The maximum absolute atomic E-state index is 12.5. The van der Waals surface area contributed by atoms with Crippen molar-refractivity contribution < 1.29 is 4.79 Å². The number of hydrogen-bond acceptors (Lipinski definition) is 3. The minimum Gasteiger partial charge on any atom is -0.398 e. The average Bonchev–Trinajstić information content (AvgIpc) is 2.72. The Morgan fingerprint density at radius 3 is 2.61 bits per heavy atom. The Kier molecular flexibility index (Phi) is 4.27. The molecule has 0 radical (unpaired) electrons. The highest BCUT2D eigenvalue weighted by atomic mass is 32.1. The number of rotatable bonds is 3. The molecular weight excluding hydrogens is 244 g/mol. The van der Waals surface area contributed by atoms with Crippen LogP contribution in [0.3, 0.4) is 0 Å². The van der Waals surface area contributed by atoms with Crippen LogP contribution in [0.1, 0.15) is 53.6 Å². The lowest BCUT2D eigenvalue weighted by Gasteiger charge is -2.33. The lowest BCUT2D eigenvalue weighted by atomic mass is 9.94. The number of aryl methyl sites for hydroxylation is 1. The number of amides is 1. The summed E-state index contributed by atoms with van der Waals surface area (Å²) in [7, 11) is 0. The van der Waals surface area contributed by atoms with Gasteiger partial charge in [-0.1, -0.05) is 19.3 Å². The Morgan fingerprint density at radius 2 is 2.11 bits per heavy atom. The van der Waals surface area contributed by atoms with E-state index in [2.05, 4.69) is 6.92 Å². The van der Waals surface area contributed by atoms with E-state index in [1.54, 1.807) is 0 Å². The van der Waals surface area contributed by atoms with Crippen LogP contribution in [0.25, 0.3) is 0 Å². The van der Waals surface area contributed by atoms with Gasteiger partial charge in [-0.25, -0.2) is 0 Å². The van der Waals surface area contributed by atoms with Crippen molar-refractivity contribution in [1.29, 1.82) is 0 Å². The number of anilines is 1. The molecular formula is C14H22N2OS. The van der Waals surface area contributed by atoms with Crippen LogP contribution in [0.15, 0.2) is 6.07 Å². The first-order valence-electron chi connectivity index (χ1n) is 6.80. The van der Waals surface area contributed by atoms with Gasteiger partial charge in [0.15, 0.2) is 0 Å². The maximum atomic E-state index is 12.5. The van der Waals surface area contributed by atoms with Crippen molar-refractivity contribution in [1.82, 2.24) is 4.90 Å². The molecule has 0 aromatic carbocycles. The quantitative estimate of drug-likeness (QED) is 0.911. The molecule has 1 heterocycles. The third kappa shape index (κ3) is 2.69. The van der Waals surface area contributed by atoms with E-state index >= 15 is 0 Å². The van der Waals surface area contributed by atoms with Crippen molar-refractivity contribution in [2.24, 2.45) is 0 Å². The summed E-state index contributed by atoms with van der Waals surface area (Å²) in [5.41, 5.74) is 6.58. The van der Waals surface area contributed by atoms with Crippen molar-refractivity contribution >= 4 is 22.9 Å². The second-order valence-electron chi connectivity index (χ2n) is 5.01. The number of carbonyl (C=O) groups is 1. The number of hydrogen-bond donors (Lipinski definition) is 1. The minimum absolute atomic E-state index is 0.161. The third-order valence-corrected chi connectivity index (χ3v) is 4.84. The van der Waals surface area contributed by atoms with Gasteiger partial charge < -0.3 is 10.6 Å². The van der Waals surface area contributed by atoms with Gasteiger partial charge in [-0.15, -0.1) is 11.3 Å². The van der Waals surface area contributed by atoms with E-state index in [9.17, 15) is 4.79 Å². The Bertz CT molecular complexity index is 402. The Balaban J connectivity index is 2.13. The lowest BCUT2D eigenvalue weighted by molar-refractivity contribution is 0.0653. The summed E-state index contributed by atoms with van der Waals surface area (Å²) in [5.74, 6) is 0.161. The number of nitrogen functional groups attached to an aromatic ring is 1. The molecule has 18 heavy (non-hydrogen) atoms. The smallest absolute Gasteiger partial charge is 0.264 e. The largest absolute Gasteiger partial charge is 0.398 e. The summed E-state index contributed by atoms with van der Waals surface area (Å²) in [5, 5.41) is 0. The van der Waals surface area contributed by atoms with E-state index < -0.39 is 0 Å². The van der Waals surface area contributed by atoms with Crippen LogP contribution in [0.4, 0.5) is 5.69 Å². The zero-order valence-corrected chi connectivity index (χ0v) is 12.1. The van der Waals surface area contributed by atoms with Crippen LogP contribution >= 0.6 is 11.3 Å². The zero-order valence-electron chi connectivity index (χ0n) is 11.2. The minimum atomic E-state index is 0.161. The predicted molar refractivity (Wildman–Crippen MR) is 77.1 cm³/mol. The number of nitrogens with zero attached hydrogens (tertiary/aromatic N) is 1. The molecule has 0 aliphatic heterocycles. The second kappa shape index (κ2) is 5.74. The molecule has 1 fully saturated rings. The maximum Gasteiger partial charge on any atom is 0.264 e. The van der Waals surface area contributed by atoms with E-state index in [4.69, 9.17) is 5.73 Å². The number of thiophene rings is 1. The molecule has 2 N–H and O–H groups in total. The van der Waals surface area contributed by atoms with Gasteiger partial charge in [-0.3, -0.25) is 4.79 Å². The summed E-state index contributed by atoms with van der Waals surface area (Å²) in [6.45, 7) is 4.82. The summed E-state index contributed by atoms with van der Waals surface area (Å²) < 4.78 is 0. The fourth-order valence-electron chi connectivity index (χ4n) is 2.70. The van der Waals surface area contributed by atoms with Crippen molar-refractivity contribution in [3.63, 3.8) is 0 Å². The average molecular weight is 266 g/mol. The van der Waals surface area contributed by atoms with Gasteiger partial charge in [0.25, 0.3) is 5.91 Å². The van der Waals surface area contributed by atoms with Crippen molar-refractivity contribution in [2.75, 3.05) is 12.3 Å². The molecule has 0 unspecified atom stereocenters. The highest BCUT2D eigenvalue weighted by molar-refractivity contribution is 7.14. The highest BCUT2D eigenvalue weighted by Gasteiger charge is 2.26. The molecule has 0 bridgehead atoms. The predicted octanol–water partition coefficient (Wildman–Crippen LogP) is 3.43. The molecule has 1 amide bonds. The standard InChI is InChI=1S/C14H22N2OS/c1-3-16(11-7-5-4-6-8-11)14(17)13-9-12(15)10(2)18-13/h9,11H,3-8,15H2,1-2H3. The summed E-state index contributed by atoms with van der Waals surface area (Å²) in [6.07, 6.45) is 6.12. The Hall–Kier alpha value is -1.03. The lowest BCUT2D eigenvalue weighted by Crippen LogP contribution is -2.41. The van der Waals surface area contributed by atoms with Crippen LogP contribution < -0.4 is 5.73 Å². The molecule has 3 nitrogen and oxygen atoms in total. The number of nitrogens with two attached hydrogens (primary N) is 1. The first kappa shape index (κ1) is 13.4. The summed E-state index contributed by atoms with van der Waals surface area (Å²) >= 11 is 1.51. The van der Waals surface area contributed by atoms with Crippen LogP contribution in [-0.4, -0.2) is 23.4 Å². The van der Waals surface area contributed by atoms with Gasteiger partial charge in [0, 0.05) is 23.2 Å². The van der Waals surface area contributed by atoms with E-state index in [1.807, 2.05) is 17.9 Å². The van der Waals surface area contributed by atoms with Gasteiger partial charge >= 0.3 is 0 Å². The fraction of sp³-hybridized carbons (Fsp3) is 0.643. The first-order chi connectivity index (χ1) is 8.63. The van der Waals surface area contributed by atoms with Gasteiger partial charge in [0.05, 0.1) is 4.88 Å². The first-order valence-corrected chi connectivity index (χ1v) is 7.62. The third-order valence-electron chi connectivity index (χ3n) is 3.78. The van der Waals surface area contributed by atoms with Gasteiger partial charge in [0.2, 0.25) is 0 Å². The van der Waals surface area contributed by atoms with Gasteiger partial charge in [0.1, 0.15) is 0 Å². The molecule has 1 aromatic heterocycles. The van der Waals surface area contributed by atoms with Crippen LogP contribution in [0.2, 0.25) is 0 Å². The van der Waals surface area contributed by atoms with Crippen LogP contribution in [0.5, 0.6) is 0 Å². The van der Waals surface area contributed by atoms with Crippen LogP contribution in [0, 0.1) is 6.92 Å². The molecule has 4 heteroatoms. The van der Waals surface area contributed by atoms with Gasteiger partial charge in [-0.2, -0.15) is 0 Å². The molecule has 1 saturated carbocycles. The Morgan fingerprint density at radius 1 is 1.44 bits per heavy atom. The van der Waals surface area contributed by atoms with E-state index in [0.717, 1.165) is 34.8 Å². The molecule has 0 atom stereocenters. The van der Waals surface area contributed by atoms with Crippen molar-refractivity contribution in [3.05, 3.63) is 15.8 Å². The molecule has 100 valence electrons. The summed E-state index contributed by atoms with van der Waals surface area (Å²) in [6, 6.07) is 2.26. The zero-order chi connectivity index (χ0) is 13.1. The van der Waals surface area contributed by atoms with Crippen molar-refractivity contribution in [2.45, 2.75) is 52.0 Å². The van der Waals surface area contributed by atoms with E-state index in [-0.39, 0.29) is 5.91 Å². The molecule has 1 aromatic rings. The van der Waals surface area contributed by atoms with Crippen molar-refractivity contribution in [3.8, 4) is 0 Å². The van der Waals surface area contributed by atoms with E-state index in [0.29, 0.717) is 6.04 Å². The van der Waals surface area contributed by atoms with E-state index in [1.165, 1.54) is 30.6 Å². The molecule has 2 rings (SSSR count). The molecule has 1 aliphatic rings. The normalized spacial score (nSPS) is 16.8. The Labute approximate surface area is 113 Å². The molecule has 0 spiro atoms. The molecule has 1 aliphatic carbocycles. The van der Waals surface area contributed by atoms with Crippen LogP contribution in [-0.2, 0) is 0 Å². The topological polar surface area (TPSA) is 46.3 Å². The second-order valence-corrected chi connectivity index (χ2v) is 6.26. The van der Waals surface area contributed by atoms with Gasteiger partial charge in [-0.05, 0) is 32.8 Å². The monoisotopic (exact) mass is 266 g/mol. The summed E-state index contributed by atoms with van der Waals surface area (Å²) in [4.78, 5) is 16.4.